The summed E-state index contributed by atoms with van der Waals surface area (Å²) in [6, 6.07) is 13.1. The molecule has 0 saturated heterocycles. The second-order valence-electron chi connectivity index (χ2n) is 5.69. The third-order valence-electron chi connectivity index (χ3n) is 3.99. The van der Waals surface area contributed by atoms with Crippen LogP contribution >= 0.6 is 0 Å². The molecule has 0 bridgehead atoms. The third-order valence-corrected chi connectivity index (χ3v) is 3.99. The molecule has 6 heteroatoms. The first-order chi connectivity index (χ1) is 11.7. The van der Waals surface area contributed by atoms with Crippen LogP contribution < -0.4 is 10.6 Å². The molecule has 2 amide bonds. The second-order valence-corrected chi connectivity index (χ2v) is 5.69. The summed E-state index contributed by atoms with van der Waals surface area (Å²) in [4.78, 5) is 28.0. The minimum absolute atomic E-state index is 0.0742. The van der Waals surface area contributed by atoms with E-state index in [4.69, 9.17) is 4.42 Å². The fraction of sp³-hybridized carbons (Fsp3) is 0.167. The molecule has 0 fully saturated rings. The van der Waals surface area contributed by atoms with Gasteiger partial charge in [0.05, 0.1) is 6.54 Å². The van der Waals surface area contributed by atoms with Crippen molar-refractivity contribution < 1.29 is 14.0 Å². The Bertz CT molecular complexity index is 913. The van der Waals surface area contributed by atoms with Crippen LogP contribution in [0.2, 0.25) is 0 Å². The normalized spacial score (nSPS) is 13.4. The average Bonchev–Trinajstić information content (AvgIpc) is 3.02. The summed E-state index contributed by atoms with van der Waals surface area (Å²) in [5.74, 6) is 0.770. The van der Waals surface area contributed by atoms with E-state index in [9.17, 15) is 9.59 Å². The van der Waals surface area contributed by atoms with E-state index in [0.29, 0.717) is 24.4 Å². The molecular formula is C18H15N3O3. The lowest BCUT2D eigenvalue weighted by atomic mass is 10.1. The number of carbonyl (C=O) groups is 2. The minimum Gasteiger partial charge on any atom is -0.459 e. The van der Waals surface area contributed by atoms with Gasteiger partial charge < -0.3 is 15.1 Å². The molecule has 1 aromatic carbocycles. The lowest BCUT2D eigenvalue weighted by molar-refractivity contribution is -0.116. The monoisotopic (exact) mass is 321 g/mol. The molecule has 0 aliphatic carbocycles. The number of hydrogen-bond donors (Lipinski definition) is 2. The molecule has 1 aliphatic heterocycles. The highest BCUT2D eigenvalue weighted by Crippen LogP contribution is 2.21. The number of carbonyl (C=O) groups excluding carboxylic acids is 2. The largest absolute Gasteiger partial charge is 0.459 e. The number of rotatable bonds is 3. The zero-order valence-electron chi connectivity index (χ0n) is 12.8. The number of nitrogens with one attached hydrogen (secondary N) is 2. The van der Waals surface area contributed by atoms with Crippen molar-refractivity contribution in [3.8, 4) is 0 Å². The first-order valence-electron chi connectivity index (χ1n) is 7.74. The van der Waals surface area contributed by atoms with Gasteiger partial charge in [0, 0.05) is 11.8 Å². The van der Waals surface area contributed by atoms with Gasteiger partial charge in [-0.05, 0) is 30.2 Å². The lowest BCUT2D eigenvalue weighted by Gasteiger charge is -2.16. The molecule has 4 rings (SSSR count). The van der Waals surface area contributed by atoms with Crippen LogP contribution in [0.15, 0.2) is 46.9 Å². The van der Waals surface area contributed by atoms with E-state index >= 15 is 0 Å². The molecule has 0 saturated carbocycles. The zero-order chi connectivity index (χ0) is 16.5. The van der Waals surface area contributed by atoms with Crippen molar-refractivity contribution >= 4 is 28.6 Å². The van der Waals surface area contributed by atoms with E-state index in [2.05, 4.69) is 15.6 Å². The number of para-hydroxylation sites is 1. The van der Waals surface area contributed by atoms with Crippen molar-refractivity contribution in [2.24, 2.45) is 0 Å². The first-order valence-corrected chi connectivity index (χ1v) is 7.74. The molecule has 0 spiro atoms. The molecule has 2 aromatic heterocycles. The predicted molar refractivity (Wildman–Crippen MR) is 88.6 cm³/mol. The van der Waals surface area contributed by atoms with Crippen LogP contribution in [-0.4, -0.2) is 16.8 Å². The highest BCUT2D eigenvalue weighted by atomic mass is 16.3. The summed E-state index contributed by atoms with van der Waals surface area (Å²) in [5, 5.41) is 6.48. The highest BCUT2D eigenvalue weighted by molar-refractivity contribution is 5.96. The molecule has 2 N–H and O–H groups in total. The average molecular weight is 321 g/mol. The number of benzene rings is 1. The summed E-state index contributed by atoms with van der Waals surface area (Å²) in [7, 11) is 0. The molecule has 3 aromatic rings. The van der Waals surface area contributed by atoms with Gasteiger partial charge in [-0.2, -0.15) is 0 Å². The Hall–Kier alpha value is -3.15. The lowest BCUT2D eigenvalue weighted by Crippen LogP contribution is -2.26. The van der Waals surface area contributed by atoms with Gasteiger partial charge >= 0.3 is 0 Å². The number of pyridine rings is 1. The Balaban J connectivity index is 1.48. The topological polar surface area (TPSA) is 84.2 Å². The summed E-state index contributed by atoms with van der Waals surface area (Å²) < 4.78 is 5.67. The maximum Gasteiger partial charge on any atom is 0.270 e. The number of amides is 2. The number of hydrogen-bond acceptors (Lipinski definition) is 4. The van der Waals surface area contributed by atoms with Gasteiger partial charge in [-0.25, -0.2) is 4.98 Å². The SMILES string of the molecule is O=C1CCc2ccc(C(=O)NCc3cc4ccccc4o3)nc2N1. The highest BCUT2D eigenvalue weighted by Gasteiger charge is 2.18. The maximum absolute atomic E-state index is 12.3. The molecule has 0 radical (unpaired) electrons. The van der Waals surface area contributed by atoms with E-state index < -0.39 is 0 Å². The number of furan rings is 1. The summed E-state index contributed by atoms with van der Waals surface area (Å²) in [6.45, 7) is 0.276. The fourth-order valence-corrected chi connectivity index (χ4v) is 2.75. The van der Waals surface area contributed by atoms with Crippen LogP contribution in [0.4, 0.5) is 5.82 Å². The van der Waals surface area contributed by atoms with Gasteiger partial charge in [0.25, 0.3) is 5.91 Å². The minimum atomic E-state index is -0.307. The van der Waals surface area contributed by atoms with Gasteiger partial charge in [0.15, 0.2) is 0 Å². The smallest absolute Gasteiger partial charge is 0.270 e. The van der Waals surface area contributed by atoms with Crippen LogP contribution in [0, 0.1) is 0 Å². The standard InChI is InChI=1S/C18H15N3O3/c22-16-8-6-11-5-7-14(20-17(11)21-16)18(23)19-10-13-9-12-3-1-2-4-15(12)24-13/h1-5,7,9H,6,8,10H2,(H,19,23)(H,20,21,22). The van der Waals surface area contributed by atoms with Gasteiger partial charge in [0.1, 0.15) is 22.9 Å². The van der Waals surface area contributed by atoms with Crippen LogP contribution in [0.3, 0.4) is 0 Å². The summed E-state index contributed by atoms with van der Waals surface area (Å²) in [5.41, 5.74) is 2.01. The Labute approximate surface area is 137 Å². The number of nitrogens with zero attached hydrogens (tertiary/aromatic N) is 1. The Morgan fingerprint density at radius 3 is 2.96 bits per heavy atom. The van der Waals surface area contributed by atoms with E-state index in [1.165, 1.54) is 0 Å². The molecule has 120 valence electrons. The van der Waals surface area contributed by atoms with Crippen molar-refractivity contribution in [1.82, 2.24) is 10.3 Å². The molecule has 24 heavy (non-hydrogen) atoms. The zero-order valence-corrected chi connectivity index (χ0v) is 12.8. The van der Waals surface area contributed by atoms with Crippen LogP contribution in [0.1, 0.15) is 28.2 Å². The van der Waals surface area contributed by atoms with E-state index in [1.54, 1.807) is 6.07 Å². The van der Waals surface area contributed by atoms with E-state index in [0.717, 1.165) is 16.5 Å². The number of fused-ring (bicyclic) bond motifs is 2. The van der Waals surface area contributed by atoms with Crippen LogP contribution in [0.25, 0.3) is 11.0 Å². The Kier molecular flexibility index (Phi) is 3.49. The van der Waals surface area contributed by atoms with Crippen molar-refractivity contribution in [1.29, 1.82) is 0 Å². The van der Waals surface area contributed by atoms with Gasteiger partial charge in [-0.3, -0.25) is 9.59 Å². The molecule has 0 atom stereocenters. The fourth-order valence-electron chi connectivity index (χ4n) is 2.75. The van der Waals surface area contributed by atoms with Crippen molar-refractivity contribution in [3.63, 3.8) is 0 Å². The summed E-state index contributed by atoms with van der Waals surface area (Å²) in [6.07, 6.45) is 1.10. The van der Waals surface area contributed by atoms with Gasteiger partial charge in [0.2, 0.25) is 5.91 Å². The van der Waals surface area contributed by atoms with E-state index in [-0.39, 0.29) is 24.1 Å². The van der Waals surface area contributed by atoms with Crippen LogP contribution in [-0.2, 0) is 17.8 Å². The van der Waals surface area contributed by atoms with Gasteiger partial charge in [-0.1, -0.05) is 24.3 Å². The van der Waals surface area contributed by atoms with Gasteiger partial charge in [-0.15, -0.1) is 0 Å². The van der Waals surface area contributed by atoms with Crippen molar-refractivity contribution in [3.05, 3.63) is 59.5 Å². The molecular weight excluding hydrogens is 306 g/mol. The summed E-state index contributed by atoms with van der Waals surface area (Å²) >= 11 is 0. The Morgan fingerprint density at radius 2 is 2.08 bits per heavy atom. The predicted octanol–water partition coefficient (Wildman–Crippen LogP) is 2.64. The molecule has 0 unspecified atom stereocenters. The number of anilines is 1. The van der Waals surface area contributed by atoms with Crippen LogP contribution in [0.5, 0.6) is 0 Å². The number of aromatic nitrogens is 1. The van der Waals surface area contributed by atoms with Crippen molar-refractivity contribution in [2.75, 3.05) is 5.32 Å². The quantitative estimate of drug-likeness (QED) is 0.777. The molecule has 6 nitrogen and oxygen atoms in total. The first kappa shape index (κ1) is 14.4. The maximum atomic E-state index is 12.3. The number of aryl methyl sites for hydroxylation is 1. The third kappa shape index (κ3) is 2.74. The Morgan fingerprint density at radius 1 is 1.21 bits per heavy atom. The van der Waals surface area contributed by atoms with E-state index in [1.807, 2.05) is 36.4 Å². The molecule has 3 heterocycles. The van der Waals surface area contributed by atoms with Crippen molar-refractivity contribution in [2.45, 2.75) is 19.4 Å². The molecule has 1 aliphatic rings. The second kappa shape index (κ2) is 5.81.